The van der Waals surface area contributed by atoms with Gasteiger partial charge in [0.25, 0.3) is 5.91 Å². The number of carbonyl (C=O) groups is 2. The van der Waals surface area contributed by atoms with Crippen molar-refractivity contribution >= 4 is 28.7 Å². The molecule has 9 heteroatoms. The number of rotatable bonds is 9. The normalized spacial score (nSPS) is 12.0. The number of carbonyl (C=O) groups excluding carboxylic acids is 1. The second kappa shape index (κ2) is 8.35. The largest absolute Gasteiger partial charge is 0.481 e. The first-order valence-corrected chi connectivity index (χ1v) is 8.74. The molecule has 1 atom stereocenters. The summed E-state index contributed by atoms with van der Waals surface area (Å²) in [4.78, 5) is 30.1. The van der Waals surface area contributed by atoms with Crippen molar-refractivity contribution in [3.05, 3.63) is 42.4 Å². The Labute approximate surface area is 155 Å². The van der Waals surface area contributed by atoms with Crippen molar-refractivity contribution in [1.29, 1.82) is 0 Å². The summed E-state index contributed by atoms with van der Waals surface area (Å²) in [5.74, 6) is -1.11. The summed E-state index contributed by atoms with van der Waals surface area (Å²) in [6.07, 6.45) is 6.05. The van der Waals surface area contributed by atoms with Gasteiger partial charge < -0.3 is 20.7 Å². The number of fused-ring (bicyclic) bond motifs is 1. The van der Waals surface area contributed by atoms with Crippen LogP contribution in [0.3, 0.4) is 0 Å². The van der Waals surface area contributed by atoms with E-state index in [1.165, 1.54) is 0 Å². The Morgan fingerprint density at radius 1 is 1.37 bits per heavy atom. The Morgan fingerprint density at radius 3 is 2.96 bits per heavy atom. The van der Waals surface area contributed by atoms with Gasteiger partial charge in [0.1, 0.15) is 0 Å². The molecule has 0 aliphatic rings. The lowest BCUT2D eigenvalue weighted by Gasteiger charge is -2.09. The zero-order valence-corrected chi connectivity index (χ0v) is 15.0. The van der Waals surface area contributed by atoms with Gasteiger partial charge in [-0.1, -0.05) is 6.92 Å². The molecule has 9 nitrogen and oxygen atoms in total. The number of H-pyrrole nitrogens is 1. The minimum atomic E-state index is -0.937. The standard InChI is InChI=1S/C18H22N6O3/c1-12(17(26)27)10-22-16(25)13-3-4-15-14(9-13)11-23-24(15)8-2-5-19-18-20-6-7-21-18/h3-4,6-7,9,11-12H,2,5,8,10H2,1H3,(H,22,25)(H,26,27)(H2,19,20,21). The van der Waals surface area contributed by atoms with Crippen LogP contribution in [0.25, 0.3) is 10.9 Å². The van der Waals surface area contributed by atoms with Gasteiger partial charge in [-0.25, -0.2) is 4.98 Å². The minimum Gasteiger partial charge on any atom is -0.481 e. The highest BCUT2D eigenvalue weighted by molar-refractivity contribution is 5.98. The van der Waals surface area contributed by atoms with E-state index in [4.69, 9.17) is 5.11 Å². The van der Waals surface area contributed by atoms with Crippen molar-refractivity contribution in [2.24, 2.45) is 5.92 Å². The average Bonchev–Trinajstić information content (AvgIpc) is 3.32. The van der Waals surface area contributed by atoms with Gasteiger partial charge in [-0.3, -0.25) is 14.3 Å². The average molecular weight is 370 g/mol. The van der Waals surface area contributed by atoms with E-state index in [-0.39, 0.29) is 12.5 Å². The summed E-state index contributed by atoms with van der Waals surface area (Å²) in [6, 6.07) is 5.35. The van der Waals surface area contributed by atoms with E-state index in [1.54, 1.807) is 37.6 Å². The fourth-order valence-corrected chi connectivity index (χ4v) is 2.64. The van der Waals surface area contributed by atoms with E-state index in [0.717, 1.165) is 36.4 Å². The number of aryl methyl sites for hydroxylation is 1. The van der Waals surface area contributed by atoms with Crippen LogP contribution >= 0.6 is 0 Å². The van der Waals surface area contributed by atoms with Crippen molar-refractivity contribution < 1.29 is 14.7 Å². The van der Waals surface area contributed by atoms with Crippen LogP contribution in [0.15, 0.2) is 36.8 Å². The van der Waals surface area contributed by atoms with Crippen molar-refractivity contribution in [3.63, 3.8) is 0 Å². The Morgan fingerprint density at radius 2 is 2.22 bits per heavy atom. The highest BCUT2D eigenvalue weighted by atomic mass is 16.4. The highest BCUT2D eigenvalue weighted by Gasteiger charge is 2.14. The molecule has 4 N–H and O–H groups in total. The number of aromatic nitrogens is 4. The van der Waals surface area contributed by atoms with Crippen molar-refractivity contribution in [1.82, 2.24) is 25.1 Å². The maximum Gasteiger partial charge on any atom is 0.308 e. The Bertz CT molecular complexity index is 918. The van der Waals surface area contributed by atoms with Crippen LogP contribution in [0, 0.1) is 5.92 Å². The zero-order chi connectivity index (χ0) is 19.2. The molecule has 0 fully saturated rings. The number of imidazole rings is 1. The van der Waals surface area contributed by atoms with E-state index in [9.17, 15) is 9.59 Å². The predicted molar refractivity (Wildman–Crippen MR) is 101 cm³/mol. The molecule has 142 valence electrons. The first kappa shape index (κ1) is 18.4. The van der Waals surface area contributed by atoms with E-state index in [2.05, 4.69) is 25.7 Å². The molecule has 0 aliphatic carbocycles. The smallest absolute Gasteiger partial charge is 0.308 e. The van der Waals surface area contributed by atoms with Gasteiger partial charge in [-0.2, -0.15) is 5.10 Å². The number of amides is 1. The van der Waals surface area contributed by atoms with Crippen LogP contribution in [0.1, 0.15) is 23.7 Å². The summed E-state index contributed by atoms with van der Waals surface area (Å²) >= 11 is 0. The summed E-state index contributed by atoms with van der Waals surface area (Å²) in [6.45, 7) is 3.14. The minimum absolute atomic E-state index is 0.0914. The number of aliphatic carboxylic acids is 1. The first-order chi connectivity index (χ1) is 13.0. The molecular weight excluding hydrogens is 348 g/mol. The number of benzene rings is 1. The number of hydrogen-bond acceptors (Lipinski definition) is 5. The summed E-state index contributed by atoms with van der Waals surface area (Å²) < 4.78 is 1.90. The third kappa shape index (κ3) is 4.63. The summed E-state index contributed by atoms with van der Waals surface area (Å²) in [5, 5.41) is 20.0. The summed E-state index contributed by atoms with van der Waals surface area (Å²) in [5.41, 5.74) is 1.43. The molecule has 0 aliphatic heterocycles. The number of carboxylic acid groups (broad SMARTS) is 1. The van der Waals surface area contributed by atoms with Crippen LogP contribution in [0.5, 0.6) is 0 Å². The molecule has 0 saturated carbocycles. The van der Waals surface area contributed by atoms with Crippen LogP contribution in [-0.4, -0.2) is 49.8 Å². The van der Waals surface area contributed by atoms with Gasteiger partial charge in [0, 0.05) is 43.0 Å². The van der Waals surface area contributed by atoms with E-state index in [0.29, 0.717) is 5.56 Å². The number of aromatic amines is 1. The van der Waals surface area contributed by atoms with E-state index < -0.39 is 11.9 Å². The molecule has 1 aromatic carbocycles. The highest BCUT2D eigenvalue weighted by Crippen LogP contribution is 2.16. The topological polar surface area (TPSA) is 125 Å². The molecule has 2 aromatic heterocycles. The second-order valence-electron chi connectivity index (χ2n) is 6.31. The molecule has 3 aromatic rings. The van der Waals surface area contributed by atoms with Crippen molar-refractivity contribution in [3.8, 4) is 0 Å². The van der Waals surface area contributed by atoms with E-state index in [1.807, 2.05) is 10.7 Å². The van der Waals surface area contributed by atoms with Crippen LogP contribution in [-0.2, 0) is 11.3 Å². The molecule has 0 spiro atoms. The van der Waals surface area contributed by atoms with Gasteiger partial charge in [0.2, 0.25) is 0 Å². The Kier molecular flexibility index (Phi) is 5.70. The van der Waals surface area contributed by atoms with Gasteiger partial charge in [0.15, 0.2) is 5.95 Å². The quantitative estimate of drug-likeness (QED) is 0.425. The third-order valence-electron chi connectivity index (χ3n) is 4.23. The Hall–Kier alpha value is -3.36. The van der Waals surface area contributed by atoms with Crippen LogP contribution < -0.4 is 10.6 Å². The number of nitrogens with one attached hydrogen (secondary N) is 3. The predicted octanol–water partition coefficient (Wildman–Crippen LogP) is 1.71. The molecule has 3 rings (SSSR count). The molecule has 27 heavy (non-hydrogen) atoms. The number of hydrogen-bond donors (Lipinski definition) is 4. The lowest BCUT2D eigenvalue weighted by Crippen LogP contribution is -2.31. The van der Waals surface area contributed by atoms with Gasteiger partial charge in [-0.05, 0) is 24.6 Å². The van der Waals surface area contributed by atoms with Crippen LogP contribution in [0.2, 0.25) is 0 Å². The lowest BCUT2D eigenvalue weighted by atomic mass is 10.1. The van der Waals surface area contributed by atoms with Crippen molar-refractivity contribution in [2.75, 3.05) is 18.4 Å². The fraction of sp³-hybridized carbons (Fsp3) is 0.333. The third-order valence-corrected chi connectivity index (χ3v) is 4.23. The molecule has 2 heterocycles. The fourth-order valence-electron chi connectivity index (χ4n) is 2.64. The SMILES string of the molecule is CC(CNC(=O)c1ccc2c(cnn2CCCNc2ncc[nH]2)c1)C(=O)O. The molecule has 0 radical (unpaired) electrons. The molecule has 1 unspecified atom stereocenters. The zero-order valence-electron chi connectivity index (χ0n) is 15.0. The van der Waals surface area contributed by atoms with Crippen molar-refractivity contribution in [2.45, 2.75) is 19.9 Å². The second-order valence-corrected chi connectivity index (χ2v) is 6.31. The molecule has 0 bridgehead atoms. The maximum atomic E-state index is 12.2. The van der Waals surface area contributed by atoms with Gasteiger partial charge >= 0.3 is 5.97 Å². The number of carboxylic acids is 1. The number of anilines is 1. The van der Waals surface area contributed by atoms with Crippen LogP contribution in [0.4, 0.5) is 5.95 Å². The maximum absolute atomic E-state index is 12.2. The van der Waals surface area contributed by atoms with Gasteiger partial charge in [-0.15, -0.1) is 0 Å². The number of nitrogens with zero attached hydrogens (tertiary/aromatic N) is 3. The molecule has 1 amide bonds. The molecule has 0 saturated heterocycles. The van der Waals surface area contributed by atoms with E-state index >= 15 is 0 Å². The lowest BCUT2D eigenvalue weighted by molar-refractivity contribution is -0.140. The van der Waals surface area contributed by atoms with Gasteiger partial charge in [0.05, 0.1) is 17.6 Å². The Balaban J connectivity index is 1.57. The monoisotopic (exact) mass is 370 g/mol. The first-order valence-electron chi connectivity index (χ1n) is 8.74. The summed E-state index contributed by atoms with van der Waals surface area (Å²) in [7, 11) is 0. The molecular formula is C18H22N6O3.